The number of nitrogen functional groups attached to an aromatic ring is 1. The van der Waals surface area contributed by atoms with Crippen LogP contribution in [-0.2, 0) is 6.54 Å². The highest BCUT2D eigenvalue weighted by Crippen LogP contribution is 2.22. The molecule has 2 aromatic rings. The molecule has 0 atom stereocenters. The van der Waals surface area contributed by atoms with Crippen LogP contribution in [0.4, 0.5) is 11.4 Å². The van der Waals surface area contributed by atoms with Crippen LogP contribution in [0.15, 0.2) is 36.4 Å². The first-order valence-electron chi connectivity index (χ1n) is 4.58. The fraction of sp³-hybridized carbons (Fsp3) is 0.0909. The molecule has 1 aromatic carbocycles. The van der Waals surface area contributed by atoms with Crippen LogP contribution in [-0.4, -0.2) is 0 Å². The first-order chi connectivity index (χ1) is 7.24. The Balaban J connectivity index is 1.99. The van der Waals surface area contributed by atoms with Crippen LogP contribution in [0.5, 0.6) is 0 Å². The zero-order chi connectivity index (χ0) is 10.7. The molecule has 0 fully saturated rings. The molecule has 0 aliphatic rings. The van der Waals surface area contributed by atoms with Gasteiger partial charge in [-0.05, 0) is 30.3 Å². The van der Waals surface area contributed by atoms with E-state index in [1.165, 1.54) is 4.88 Å². The molecule has 0 saturated heterocycles. The van der Waals surface area contributed by atoms with Gasteiger partial charge in [-0.25, -0.2) is 0 Å². The molecule has 2 rings (SSSR count). The van der Waals surface area contributed by atoms with Gasteiger partial charge < -0.3 is 11.1 Å². The largest absolute Gasteiger partial charge is 0.399 e. The van der Waals surface area contributed by atoms with E-state index in [-0.39, 0.29) is 0 Å². The Kier molecular flexibility index (Phi) is 3.14. The predicted molar refractivity (Wildman–Crippen MR) is 67.5 cm³/mol. The van der Waals surface area contributed by atoms with Crippen molar-refractivity contribution in [2.75, 3.05) is 11.1 Å². The molecule has 0 amide bonds. The van der Waals surface area contributed by atoms with Crippen LogP contribution >= 0.6 is 22.9 Å². The number of benzene rings is 1. The first kappa shape index (κ1) is 10.3. The third kappa shape index (κ3) is 2.88. The monoisotopic (exact) mass is 238 g/mol. The molecule has 0 spiro atoms. The van der Waals surface area contributed by atoms with E-state index in [1.54, 1.807) is 11.3 Å². The summed E-state index contributed by atoms with van der Waals surface area (Å²) in [5.74, 6) is 0. The number of rotatable bonds is 3. The summed E-state index contributed by atoms with van der Waals surface area (Å²) in [6, 6.07) is 11.6. The van der Waals surface area contributed by atoms with Gasteiger partial charge in [-0.2, -0.15) is 0 Å². The zero-order valence-electron chi connectivity index (χ0n) is 8.03. The maximum absolute atomic E-state index is 5.84. The standard InChI is InChI=1S/C11H11ClN2S/c12-11-5-4-10(15-11)7-14-9-3-1-2-8(13)6-9/h1-6,14H,7,13H2. The van der Waals surface area contributed by atoms with Crippen molar-refractivity contribution in [3.05, 3.63) is 45.6 Å². The molecule has 4 heteroatoms. The lowest BCUT2D eigenvalue weighted by Crippen LogP contribution is -1.97. The summed E-state index contributed by atoms with van der Waals surface area (Å²) in [5.41, 5.74) is 7.47. The lowest BCUT2D eigenvalue weighted by atomic mass is 10.3. The first-order valence-corrected chi connectivity index (χ1v) is 5.77. The van der Waals surface area contributed by atoms with Gasteiger partial charge in [-0.1, -0.05) is 17.7 Å². The van der Waals surface area contributed by atoms with Gasteiger partial charge >= 0.3 is 0 Å². The fourth-order valence-corrected chi connectivity index (χ4v) is 2.31. The topological polar surface area (TPSA) is 38.0 Å². The summed E-state index contributed by atoms with van der Waals surface area (Å²) in [4.78, 5) is 1.21. The smallest absolute Gasteiger partial charge is 0.0931 e. The highest BCUT2D eigenvalue weighted by molar-refractivity contribution is 7.16. The molecule has 1 heterocycles. The van der Waals surface area contributed by atoms with Crippen molar-refractivity contribution in [2.24, 2.45) is 0 Å². The van der Waals surface area contributed by atoms with Crippen molar-refractivity contribution in [1.82, 2.24) is 0 Å². The Bertz CT molecular complexity index is 453. The quantitative estimate of drug-likeness (QED) is 0.802. The Hall–Kier alpha value is -1.19. The third-order valence-corrected chi connectivity index (χ3v) is 3.21. The van der Waals surface area contributed by atoms with Crippen LogP contribution < -0.4 is 11.1 Å². The molecular weight excluding hydrogens is 228 g/mol. The zero-order valence-corrected chi connectivity index (χ0v) is 9.61. The van der Waals surface area contributed by atoms with Crippen molar-refractivity contribution < 1.29 is 0 Å². The number of hydrogen-bond donors (Lipinski definition) is 2. The van der Waals surface area contributed by atoms with Crippen LogP contribution in [0.2, 0.25) is 4.34 Å². The average Bonchev–Trinajstić information content (AvgIpc) is 2.62. The molecule has 3 N–H and O–H groups in total. The Morgan fingerprint density at radius 3 is 2.80 bits per heavy atom. The van der Waals surface area contributed by atoms with Crippen molar-refractivity contribution in [3.63, 3.8) is 0 Å². The van der Waals surface area contributed by atoms with E-state index in [9.17, 15) is 0 Å². The minimum atomic E-state index is 0.768. The SMILES string of the molecule is Nc1cccc(NCc2ccc(Cl)s2)c1. The molecule has 0 saturated carbocycles. The van der Waals surface area contributed by atoms with Gasteiger partial charge in [0.1, 0.15) is 0 Å². The summed E-state index contributed by atoms with van der Waals surface area (Å²) in [7, 11) is 0. The highest BCUT2D eigenvalue weighted by Gasteiger charge is 1.98. The van der Waals surface area contributed by atoms with E-state index in [2.05, 4.69) is 5.32 Å². The second-order valence-corrected chi connectivity index (χ2v) is 4.98. The molecule has 15 heavy (non-hydrogen) atoms. The normalized spacial score (nSPS) is 10.2. The van der Waals surface area contributed by atoms with Gasteiger partial charge in [0.2, 0.25) is 0 Å². The van der Waals surface area contributed by atoms with Gasteiger partial charge in [0.25, 0.3) is 0 Å². The van der Waals surface area contributed by atoms with Crippen molar-refractivity contribution in [1.29, 1.82) is 0 Å². The van der Waals surface area contributed by atoms with E-state index >= 15 is 0 Å². The fourth-order valence-electron chi connectivity index (χ4n) is 1.28. The van der Waals surface area contributed by atoms with Crippen LogP contribution in [0, 0.1) is 0 Å². The second kappa shape index (κ2) is 4.55. The minimum Gasteiger partial charge on any atom is -0.399 e. The number of hydrogen-bond acceptors (Lipinski definition) is 3. The summed E-state index contributed by atoms with van der Waals surface area (Å²) >= 11 is 7.42. The van der Waals surface area contributed by atoms with Gasteiger partial charge in [-0.15, -0.1) is 11.3 Å². The highest BCUT2D eigenvalue weighted by atomic mass is 35.5. The van der Waals surface area contributed by atoms with Crippen molar-refractivity contribution in [3.8, 4) is 0 Å². The predicted octanol–water partition coefficient (Wildman–Crippen LogP) is 3.60. The third-order valence-electron chi connectivity index (χ3n) is 1.98. The number of thiophene rings is 1. The minimum absolute atomic E-state index is 0.768. The molecular formula is C11H11ClN2S. The Labute approximate surface area is 97.7 Å². The van der Waals surface area contributed by atoms with E-state index in [1.807, 2.05) is 36.4 Å². The van der Waals surface area contributed by atoms with E-state index in [4.69, 9.17) is 17.3 Å². The molecule has 2 nitrogen and oxygen atoms in total. The number of nitrogens with one attached hydrogen (secondary N) is 1. The van der Waals surface area contributed by atoms with Crippen LogP contribution in [0.1, 0.15) is 4.88 Å². The summed E-state index contributed by atoms with van der Waals surface area (Å²) in [6.07, 6.45) is 0. The van der Waals surface area contributed by atoms with Gasteiger partial charge in [0.15, 0.2) is 0 Å². The lowest BCUT2D eigenvalue weighted by Gasteiger charge is -2.04. The number of anilines is 2. The lowest BCUT2D eigenvalue weighted by molar-refractivity contribution is 1.19. The summed E-state index contributed by atoms with van der Waals surface area (Å²) in [5, 5.41) is 3.29. The molecule has 0 aliphatic heterocycles. The van der Waals surface area contributed by atoms with Gasteiger partial charge in [0, 0.05) is 22.8 Å². The van der Waals surface area contributed by atoms with Gasteiger partial charge in [0.05, 0.1) is 4.34 Å². The van der Waals surface area contributed by atoms with Gasteiger partial charge in [-0.3, -0.25) is 0 Å². The maximum atomic E-state index is 5.84. The van der Waals surface area contributed by atoms with E-state index < -0.39 is 0 Å². The Morgan fingerprint density at radius 2 is 2.13 bits per heavy atom. The average molecular weight is 239 g/mol. The van der Waals surface area contributed by atoms with E-state index in [0.29, 0.717) is 0 Å². The molecule has 0 bridgehead atoms. The molecule has 0 aliphatic carbocycles. The molecule has 1 aromatic heterocycles. The van der Waals surface area contributed by atoms with Crippen molar-refractivity contribution in [2.45, 2.75) is 6.54 Å². The molecule has 78 valence electrons. The summed E-state index contributed by atoms with van der Waals surface area (Å²) < 4.78 is 0.819. The number of nitrogens with two attached hydrogens (primary N) is 1. The van der Waals surface area contributed by atoms with Crippen molar-refractivity contribution >= 4 is 34.3 Å². The van der Waals surface area contributed by atoms with Crippen LogP contribution in [0.3, 0.4) is 0 Å². The van der Waals surface area contributed by atoms with Crippen LogP contribution in [0.25, 0.3) is 0 Å². The second-order valence-electron chi connectivity index (χ2n) is 3.18. The summed E-state index contributed by atoms with van der Waals surface area (Å²) in [6.45, 7) is 0.779. The van der Waals surface area contributed by atoms with E-state index in [0.717, 1.165) is 22.3 Å². The Morgan fingerprint density at radius 1 is 1.27 bits per heavy atom. The molecule has 0 radical (unpaired) electrons. The maximum Gasteiger partial charge on any atom is 0.0931 e. The molecule has 0 unspecified atom stereocenters. The number of halogens is 1.